The standard InChI is InChI=1S/C29H35N5O3/c1-20(2)21-8-10-23(11-9-21)30-29(35)34-13-12-25-24(19-34)28(33-14-16-37-17-15-33)32-27(31-25)18-22-6-4-5-7-26(22)36-3/h4-11,20H,12-19H2,1-3H3,(H,30,35). The van der Waals surface area contributed by atoms with Crippen molar-refractivity contribution in [1.82, 2.24) is 14.9 Å². The van der Waals surface area contributed by atoms with E-state index in [0.717, 1.165) is 53.0 Å². The van der Waals surface area contributed by atoms with Gasteiger partial charge in [-0.25, -0.2) is 14.8 Å². The number of urea groups is 1. The van der Waals surface area contributed by atoms with Crippen LogP contribution in [0.25, 0.3) is 0 Å². The molecule has 0 unspecified atom stereocenters. The van der Waals surface area contributed by atoms with Crippen molar-refractivity contribution in [3.63, 3.8) is 0 Å². The Morgan fingerprint density at radius 1 is 1.05 bits per heavy atom. The molecule has 2 aliphatic rings. The molecule has 1 N–H and O–H groups in total. The second-order valence-electron chi connectivity index (χ2n) is 9.86. The first kappa shape index (κ1) is 25.0. The molecular formula is C29H35N5O3. The summed E-state index contributed by atoms with van der Waals surface area (Å²) in [4.78, 5) is 27.3. The Morgan fingerprint density at radius 2 is 1.81 bits per heavy atom. The van der Waals surface area contributed by atoms with Crippen molar-refractivity contribution in [2.45, 2.75) is 39.2 Å². The van der Waals surface area contributed by atoms with Crippen LogP contribution in [0, 0.1) is 0 Å². The van der Waals surface area contributed by atoms with E-state index in [1.54, 1.807) is 7.11 Å². The molecule has 1 saturated heterocycles. The quantitative estimate of drug-likeness (QED) is 0.531. The van der Waals surface area contributed by atoms with Crippen molar-refractivity contribution in [2.75, 3.05) is 50.2 Å². The summed E-state index contributed by atoms with van der Waals surface area (Å²) in [5, 5.41) is 3.06. The second-order valence-corrected chi connectivity index (χ2v) is 9.86. The van der Waals surface area contributed by atoms with Gasteiger partial charge >= 0.3 is 6.03 Å². The van der Waals surface area contributed by atoms with Gasteiger partial charge in [0.25, 0.3) is 0 Å². The van der Waals surface area contributed by atoms with Crippen LogP contribution < -0.4 is 15.0 Å². The Kier molecular flexibility index (Phi) is 7.55. The lowest BCUT2D eigenvalue weighted by atomic mass is 10.0. The first-order valence-corrected chi connectivity index (χ1v) is 13.0. The lowest BCUT2D eigenvalue weighted by molar-refractivity contribution is 0.122. The van der Waals surface area contributed by atoms with E-state index in [1.807, 2.05) is 35.2 Å². The van der Waals surface area contributed by atoms with Crippen molar-refractivity contribution in [3.05, 3.63) is 76.7 Å². The molecule has 0 spiro atoms. The largest absolute Gasteiger partial charge is 0.496 e. The van der Waals surface area contributed by atoms with Gasteiger partial charge in [0.05, 0.1) is 32.6 Å². The molecule has 1 fully saturated rings. The summed E-state index contributed by atoms with van der Waals surface area (Å²) in [6, 6.07) is 16.0. The number of carbonyl (C=O) groups excluding carboxylic acids is 1. The van der Waals surface area contributed by atoms with E-state index in [0.29, 0.717) is 45.1 Å². The monoisotopic (exact) mass is 501 g/mol. The third kappa shape index (κ3) is 5.69. The average molecular weight is 502 g/mol. The van der Waals surface area contributed by atoms with Gasteiger partial charge in [0.15, 0.2) is 0 Å². The third-order valence-electron chi connectivity index (χ3n) is 7.05. The summed E-state index contributed by atoms with van der Waals surface area (Å²) in [5.74, 6) is 2.97. The molecule has 3 aromatic rings. The zero-order chi connectivity index (χ0) is 25.8. The number of ether oxygens (including phenoxy) is 2. The van der Waals surface area contributed by atoms with Gasteiger partial charge in [0, 0.05) is 49.3 Å². The lowest BCUT2D eigenvalue weighted by Crippen LogP contribution is -2.42. The zero-order valence-corrected chi connectivity index (χ0v) is 21.9. The van der Waals surface area contributed by atoms with Crippen LogP contribution in [0.1, 0.15) is 48.0 Å². The summed E-state index contributed by atoms with van der Waals surface area (Å²) in [6.07, 6.45) is 1.28. The minimum Gasteiger partial charge on any atom is -0.496 e. The molecule has 1 aromatic heterocycles. The number of anilines is 2. The number of nitrogens with one attached hydrogen (secondary N) is 1. The van der Waals surface area contributed by atoms with E-state index in [-0.39, 0.29) is 6.03 Å². The fraction of sp³-hybridized carbons (Fsp3) is 0.414. The van der Waals surface area contributed by atoms with Crippen LogP contribution >= 0.6 is 0 Å². The van der Waals surface area contributed by atoms with E-state index in [2.05, 4.69) is 42.3 Å². The van der Waals surface area contributed by atoms with Gasteiger partial charge in [-0.2, -0.15) is 0 Å². The topological polar surface area (TPSA) is 79.8 Å². The number of hydrogen-bond donors (Lipinski definition) is 1. The predicted molar refractivity (Wildman–Crippen MR) is 145 cm³/mol. The van der Waals surface area contributed by atoms with E-state index >= 15 is 0 Å². The molecule has 0 atom stereocenters. The number of benzene rings is 2. The molecule has 2 amide bonds. The smallest absolute Gasteiger partial charge is 0.322 e. The zero-order valence-electron chi connectivity index (χ0n) is 21.9. The number of rotatable bonds is 6. The SMILES string of the molecule is COc1ccccc1Cc1nc2c(c(N3CCOCC3)n1)CN(C(=O)Nc1ccc(C(C)C)cc1)CC2. The number of methoxy groups -OCH3 is 1. The molecule has 2 aliphatic heterocycles. The van der Waals surface area contributed by atoms with Gasteiger partial charge in [-0.15, -0.1) is 0 Å². The molecule has 5 rings (SSSR count). The highest BCUT2D eigenvalue weighted by Gasteiger charge is 2.28. The highest BCUT2D eigenvalue weighted by molar-refractivity contribution is 5.89. The average Bonchev–Trinajstić information content (AvgIpc) is 2.93. The highest BCUT2D eigenvalue weighted by atomic mass is 16.5. The van der Waals surface area contributed by atoms with Crippen LogP contribution in [-0.4, -0.2) is 60.9 Å². The number of para-hydroxylation sites is 1. The number of fused-ring (bicyclic) bond motifs is 1. The van der Waals surface area contributed by atoms with Crippen molar-refractivity contribution in [3.8, 4) is 5.75 Å². The summed E-state index contributed by atoms with van der Waals surface area (Å²) in [6.45, 7) is 8.28. The minimum absolute atomic E-state index is 0.103. The Hall–Kier alpha value is -3.65. The molecule has 3 heterocycles. The Bertz CT molecular complexity index is 1240. The Labute approximate surface area is 218 Å². The van der Waals surface area contributed by atoms with Gasteiger partial charge in [-0.3, -0.25) is 0 Å². The molecule has 8 nitrogen and oxygen atoms in total. The summed E-state index contributed by atoms with van der Waals surface area (Å²) < 4.78 is 11.1. The molecule has 0 bridgehead atoms. The van der Waals surface area contributed by atoms with Gasteiger partial charge in [-0.05, 0) is 29.7 Å². The predicted octanol–water partition coefficient (Wildman–Crippen LogP) is 4.63. The molecule has 37 heavy (non-hydrogen) atoms. The molecule has 0 saturated carbocycles. The molecular weight excluding hydrogens is 466 g/mol. The van der Waals surface area contributed by atoms with E-state index in [4.69, 9.17) is 19.4 Å². The van der Waals surface area contributed by atoms with E-state index in [9.17, 15) is 4.79 Å². The van der Waals surface area contributed by atoms with Crippen molar-refractivity contribution in [1.29, 1.82) is 0 Å². The highest BCUT2D eigenvalue weighted by Crippen LogP contribution is 2.29. The number of aromatic nitrogens is 2. The molecule has 8 heteroatoms. The third-order valence-corrected chi connectivity index (χ3v) is 7.05. The molecule has 0 radical (unpaired) electrons. The number of hydrogen-bond acceptors (Lipinski definition) is 6. The summed E-state index contributed by atoms with van der Waals surface area (Å²) in [7, 11) is 1.68. The fourth-order valence-electron chi connectivity index (χ4n) is 4.91. The number of amides is 2. The maximum absolute atomic E-state index is 13.2. The first-order valence-electron chi connectivity index (χ1n) is 13.0. The van der Waals surface area contributed by atoms with Gasteiger partial charge < -0.3 is 24.6 Å². The number of nitrogens with zero attached hydrogens (tertiary/aromatic N) is 4. The van der Waals surface area contributed by atoms with Crippen LogP contribution in [0.2, 0.25) is 0 Å². The first-order chi connectivity index (χ1) is 18.0. The summed E-state index contributed by atoms with van der Waals surface area (Å²) in [5.41, 5.74) is 5.16. The maximum atomic E-state index is 13.2. The van der Waals surface area contributed by atoms with Crippen LogP contribution in [0.5, 0.6) is 5.75 Å². The van der Waals surface area contributed by atoms with Crippen LogP contribution in [0.3, 0.4) is 0 Å². The van der Waals surface area contributed by atoms with Crippen molar-refractivity contribution < 1.29 is 14.3 Å². The van der Waals surface area contributed by atoms with Gasteiger partial charge in [0.1, 0.15) is 17.4 Å². The molecule has 2 aromatic carbocycles. The lowest BCUT2D eigenvalue weighted by Gasteiger charge is -2.34. The molecule has 194 valence electrons. The second kappa shape index (κ2) is 11.2. The molecule has 0 aliphatic carbocycles. The fourth-order valence-corrected chi connectivity index (χ4v) is 4.91. The Balaban J connectivity index is 1.39. The summed E-state index contributed by atoms with van der Waals surface area (Å²) >= 11 is 0. The van der Waals surface area contributed by atoms with E-state index in [1.165, 1.54) is 5.56 Å². The Morgan fingerprint density at radius 3 is 2.54 bits per heavy atom. The number of carbonyl (C=O) groups is 1. The van der Waals surface area contributed by atoms with Crippen LogP contribution in [-0.2, 0) is 24.1 Å². The van der Waals surface area contributed by atoms with Gasteiger partial charge in [-0.1, -0.05) is 44.2 Å². The minimum atomic E-state index is -0.103. The van der Waals surface area contributed by atoms with Gasteiger partial charge in [0.2, 0.25) is 0 Å². The van der Waals surface area contributed by atoms with Crippen molar-refractivity contribution in [2.24, 2.45) is 0 Å². The maximum Gasteiger partial charge on any atom is 0.322 e. The number of morpholine rings is 1. The van der Waals surface area contributed by atoms with Crippen LogP contribution in [0.4, 0.5) is 16.3 Å². The van der Waals surface area contributed by atoms with Crippen molar-refractivity contribution >= 4 is 17.5 Å². The van der Waals surface area contributed by atoms with E-state index < -0.39 is 0 Å². The normalized spacial score (nSPS) is 15.5. The van der Waals surface area contributed by atoms with Crippen LogP contribution in [0.15, 0.2) is 48.5 Å².